The van der Waals surface area contributed by atoms with Crippen molar-refractivity contribution in [2.45, 2.75) is 25.1 Å². The lowest BCUT2D eigenvalue weighted by molar-refractivity contribution is 1.06. The van der Waals surface area contributed by atoms with Crippen LogP contribution in [0.3, 0.4) is 0 Å². The van der Waals surface area contributed by atoms with E-state index in [4.69, 9.17) is 44.3 Å². The van der Waals surface area contributed by atoms with Gasteiger partial charge in [0, 0.05) is 0 Å². The predicted molar refractivity (Wildman–Crippen MR) is 56.4 cm³/mol. The van der Waals surface area contributed by atoms with Crippen molar-refractivity contribution in [3.05, 3.63) is 0 Å². The molecule has 0 N–H and O–H groups in total. The zero-order valence-electron chi connectivity index (χ0n) is 5.71. The van der Waals surface area contributed by atoms with E-state index in [9.17, 15) is 0 Å². The Bertz CT molecular complexity index is 89.7. The first-order chi connectivity index (χ1) is 4.42. The maximum absolute atomic E-state index is 5.85. The first-order valence-corrected chi connectivity index (χ1v) is 12.1. The van der Waals surface area contributed by atoms with E-state index in [0.717, 1.165) is 18.5 Å². The summed E-state index contributed by atoms with van der Waals surface area (Å²) in [6, 6.07) is 1.82. The van der Waals surface area contributed by atoms with E-state index in [2.05, 4.69) is 0 Å². The predicted octanol–water partition coefficient (Wildman–Crippen LogP) is 3.62. The molecule has 6 heteroatoms. The molecule has 0 nitrogen and oxygen atoms in total. The smallest absolute Gasteiger partial charge is 0.150 e. The molecule has 0 aromatic heterocycles. The molecule has 0 fully saturated rings. The second-order valence-corrected chi connectivity index (χ2v) is 15.8. The molecule has 0 saturated carbocycles. The summed E-state index contributed by atoms with van der Waals surface area (Å²) < 4.78 is 0. The van der Waals surface area contributed by atoms with Gasteiger partial charge in [-0.2, -0.15) is 22.2 Å². The van der Waals surface area contributed by atoms with Gasteiger partial charge in [-0.05, 0) is 18.6 Å². The molecule has 0 rings (SSSR count). The van der Waals surface area contributed by atoms with Crippen LogP contribution in [0.5, 0.6) is 0 Å². The second kappa shape index (κ2) is 5.28. The molecule has 0 radical (unpaired) electrons. The van der Waals surface area contributed by atoms with Gasteiger partial charge >= 0.3 is 0 Å². The number of hydrogen-bond donors (Lipinski definition) is 0. The van der Waals surface area contributed by atoms with Crippen molar-refractivity contribution in [1.29, 1.82) is 0 Å². The Morgan fingerprint density at radius 1 is 1.30 bits per heavy atom. The van der Waals surface area contributed by atoms with Crippen LogP contribution in [0.15, 0.2) is 0 Å². The molecule has 0 unspecified atom stereocenters. The lowest BCUT2D eigenvalue weighted by atomic mass is 10.6. The normalized spacial score (nSPS) is 12.6. The average Bonchev–Trinajstić information content (AvgIpc) is 1.59. The third-order valence-corrected chi connectivity index (χ3v) is 5.56. The largest absolute Gasteiger partial charge is 0.248 e. The summed E-state index contributed by atoms with van der Waals surface area (Å²) in [4.78, 5) is 0. The van der Waals surface area contributed by atoms with Crippen molar-refractivity contribution in [1.82, 2.24) is 0 Å². The Labute approximate surface area is 83.2 Å². The minimum Gasteiger partial charge on any atom is -0.150 e. The molecule has 0 aliphatic carbocycles. The van der Waals surface area contributed by atoms with Crippen molar-refractivity contribution >= 4 is 58.4 Å². The van der Waals surface area contributed by atoms with Gasteiger partial charge < -0.3 is 0 Å². The summed E-state index contributed by atoms with van der Waals surface area (Å²) in [6.07, 6.45) is 0.986. The third kappa shape index (κ3) is 9.59. The highest BCUT2D eigenvalue weighted by atomic mass is 35.7. The minimum absolute atomic E-state index is 0.902. The number of rotatable bonds is 4. The molecular weight excluding hydrogens is 246 g/mol. The van der Waals surface area contributed by atoms with Crippen molar-refractivity contribution < 1.29 is 0 Å². The van der Waals surface area contributed by atoms with Crippen molar-refractivity contribution in [3.8, 4) is 0 Å². The molecule has 0 aromatic carbocycles. The van der Waals surface area contributed by atoms with Crippen LogP contribution in [-0.2, 0) is 0 Å². The fourth-order valence-corrected chi connectivity index (χ4v) is 4.04. The lowest BCUT2D eigenvalue weighted by Crippen LogP contribution is -2.12. The van der Waals surface area contributed by atoms with Gasteiger partial charge in [-0.25, -0.2) is 0 Å². The molecule has 0 heterocycles. The van der Waals surface area contributed by atoms with Crippen molar-refractivity contribution in [2.75, 3.05) is 0 Å². The molecule has 0 saturated heterocycles. The maximum Gasteiger partial charge on any atom is 0.248 e. The zero-order chi connectivity index (χ0) is 8.20. The SMILES string of the molecule is C[Si](Cl)(Cl)CCC[SiH](Cl)Cl. The van der Waals surface area contributed by atoms with Crippen LogP contribution >= 0.6 is 44.3 Å². The van der Waals surface area contributed by atoms with Gasteiger partial charge in [-0.15, -0.1) is 22.2 Å². The van der Waals surface area contributed by atoms with Crippen LogP contribution in [0.2, 0.25) is 18.6 Å². The van der Waals surface area contributed by atoms with Gasteiger partial charge in [0.05, 0.1) is 0 Å². The molecule has 0 aliphatic rings. The van der Waals surface area contributed by atoms with Crippen molar-refractivity contribution in [2.24, 2.45) is 0 Å². The van der Waals surface area contributed by atoms with Gasteiger partial charge in [-0.3, -0.25) is 0 Å². The average molecular weight is 256 g/mol. The highest BCUT2D eigenvalue weighted by Crippen LogP contribution is 2.23. The summed E-state index contributed by atoms with van der Waals surface area (Å²) in [5.74, 6) is 0. The first kappa shape index (κ1) is 11.6. The molecule has 0 aromatic rings. The topological polar surface area (TPSA) is 0 Å². The van der Waals surface area contributed by atoms with Gasteiger partial charge in [0.1, 0.15) is 0 Å². The van der Waals surface area contributed by atoms with Crippen LogP contribution in [0.1, 0.15) is 6.42 Å². The standard InChI is InChI=1S/C4H10Cl4Si2/c1-10(7,8)4-2-3-9(5)6/h9H,2-4H2,1H3. The van der Waals surface area contributed by atoms with E-state index >= 15 is 0 Å². The molecular formula is C4H10Cl4Si2. The van der Waals surface area contributed by atoms with E-state index in [1.165, 1.54) is 0 Å². The van der Waals surface area contributed by atoms with E-state index in [0.29, 0.717) is 0 Å². The Kier molecular flexibility index (Phi) is 6.12. The summed E-state index contributed by atoms with van der Waals surface area (Å²) in [6.45, 7) is 0.0372. The van der Waals surface area contributed by atoms with E-state index in [1.54, 1.807) is 0 Å². The number of hydrogen-bond acceptors (Lipinski definition) is 0. The van der Waals surface area contributed by atoms with E-state index in [-0.39, 0.29) is 0 Å². The van der Waals surface area contributed by atoms with Crippen molar-refractivity contribution in [3.63, 3.8) is 0 Å². The zero-order valence-corrected chi connectivity index (χ0v) is 10.9. The van der Waals surface area contributed by atoms with Gasteiger partial charge in [-0.1, -0.05) is 6.42 Å². The van der Waals surface area contributed by atoms with Crippen LogP contribution in [0.4, 0.5) is 0 Å². The molecule has 62 valence electrons. The molecule has 0 amide bonds. The molecule has 0 bridgehead atoms. The van der Waals surface area contributed by atoms with Crippen LogP contribution in [-0.4, -0.2) is 14.1 Å². The number of halogens is 4. The minimum atomic E-state index is -1.87. The Hall–Kier alpha value is 1.59. The summed E-state index contributed by atoms with van der Waals surface area (Å²) in [5.41, 5.74) is 0. The lowest BCUT2D eigenvalue weighted by Gasteiger charge is -2.08. The van der Waals surface area contributed by atoms with Crippen LogP contribution < -0.4 is 0 Å². The Balaban J connectivity index is 3.21. The molecule has 0 aliphatic heterocycles. The highest BCUT2D eigenvalue weighted by molar-refractivity contribution is 7.44. The van der Waals surface area contributed by atoms with Gasteiger partial charge in [0.25, 0.3) is 0 Å². The summed E-state index contributed by atoms with van der Waals surface area (Å²) >= 11 is 23.0. The molecule has 0 spiro atoms. The maximum atomic E-state index is 5.85. The fraction of sp³-hybridized carbons (Fsp3) is 1.00. The monoisotopic (exact) mass is 254 g/mol. The highest BCUT2D eigenvalue weighted by Gasteiger charge is 2.20. The quantitative estimate of drug-likeness (QED) is 0.532. The van der Waals surface area contributed by atoms with E-state index in [1.807, 2.05) is 6.55 Å². The first-order valence-electron chi connectivity index (χ1n) is 3.08. The fourth-order valence-electron chi connectivity index (χ4n) is 0.567. The summed E-state index contributed by atoms with van der Waals surface area (Å²) in [7, 11) is -1.41. The third-order valence-electron chi connectivity index (χ3n) is 1.04. The van der Waals surface area contributed by atoms with Gasteiger partial charge in [0.2, 0.25) is 14.1 Å². The van der Waals surface area contributed by atoms with Gasteiger partial charge in [0.15, 0.2) is 0 Å². The summed E-state index contributed by atoms with van der Waals surface area (Å²) in [5, 5.41) is 0. The van der Waals surface area contributed by atoms with Crippen LogP contribution in [0, 0.1) is 0 Å². The second-order valence-electron chi connectivity index (χ2n) is 2.35. The molecule has 10 heavy (non-hydrogen) atoms. The van der Waals surface area contributed by atoms with E-state index < -0.39 is 14.1 Å². The molecule has 0 atom stereocenters. The van der Waals surface area contributed by atoms with Crippen LogP contribution in [0.25, 0.3) is 0 Å². The Morgan fingerprint density at radius 2 is 1.80 bits per heavy atom. The Morgan fingerprint density at radius 3 is 2.10 bits per heavy atom.